The first-order chi connectivity index (χ1) is 8.28. The van der Waals surface area contributed by atoms with Crippen LogP contribution in [0, 0.1) is 12.8 Å². The Morgan fingerprint density at radius 2 is 2.22 bits per heavy atom. The molecule has 0 unspecified atom stereocenters. The van der Waals surface area contributed by atoms with Crippen molar-refractivity contribution in [2.75, 3.05) is 13.1 Å². The molecule has 1 aromatic rings. The van der Waals surface area contributed by atoms with Gasteiger partial charge < -0.3 is 15.2 Å². The molecule has 2 rings (SSSR count). The van der Waals surface area contributed by atoms with Crippen molar-refractivity contribution < 1.29 is 4.52 Å². The van der Waals surface area contributed by atoms with Gasteiger partial charge in [0.05, 0.1) is 0 Å². The molecule has 0 aliphatic heterocycles. The minimum Gasteiger partial charge on any atom is -0.357 e. The SMILES string of the molecule is CCNC(=NCc1nc(C)no1)NCC1CC1.I. The number of nitrogens with zero attached hydrogens (tertiary/aromatic N) is 3. The van der Waals surface area contributed by atoms with E-state index >= 15 is 0 Å². The van der Waals surface area contributed by atoms with Crippen LogP contribution in [0.2, 0.25) is 0 Å². The number of halogens is 1. The van der Waals surface area contributed by atoms with E-state index < -0.39 is 0 Å². The number of aliphatic imine (C=N–C) groups is 1. The zero-order chi connectivity index (χ0) is 12.1. The van der Waals surface area contributed by atoms with Crippen molar-refractivity contribution >= 4 is 29.9 Å². The minimum atomic E-state index is 0. The number of aromatic nitrogens is 2. The summed E-state index contributed by atoms with van der Waals surface area (Å²) in [6.45, 7) is 6.10. The van der Waals surface area contributed by atoms with Crippen LogP contribution in [0.5, 0.6) is 0 Å². The van der Waals surface area contributed by atoms with Gasteiger partial charge in [0.2, 0.25) is 5.89 Å². The van der Waals surface area contributed by atoms with Crippen LogP contribution in [-0.2, 0) is 6.54 Å². The molecule has 102 valence electrons. The standard InChI is InChI=1S/C11H19N5O.HI/c1-3-12-11(13-6-9-4-5-9)14-7-10-15-8(2)16-17-10;/h9H,3-7H2,1-2H3,(H2,12,13,14);1H. The molecule has 0 radical (unpaired) electrons. The molecule has 1 aliphatic rings. The third kappa shape index (κ3) is 5.19. The Kier molecular flexibility index (Phi) is 6.37. The average Bonchev–Trinajstić information content (AvgIpc) is 3.05. The molecule has 1 aliphatic carbocycles. The van der Waals surface area contributed by atoms with Gasteiger partial charge in [-0.1, -0.05) is 5.16 Å². The largest absolute Gasteiger partial charge is 0.357 e. The second-order valence-electron chi connectivity index (χ2n) is 4.25. The molecule has 1 saturated carbocycles. The highest BCUT2D eigenvalue weighted by Crippen LogP contribution is 2.27. The summed E-state index contributed by atoms with van der Waals surface area (Å²) in [5.41, 5.74) is 0. The Balaban J connectivity index is 0.00000162. The van der Waals surface area contributed by atoms with Gasteiger partial charge in [-0.2, -0.15) is 4.98 Å². The second kappa shape index (κ2) is 7.55. The summed E-state index contributed by atoms with van der Waals surface area (Å²) >= 11 is 0. The van der Waals surface area contributed by atoms with E-state index in [1.807, 2.05) is 6.92 Å². The zero-order valence-corrected chi connectivity index (χ0v) is 13.1. The first kappa shape index (κ1) is 15.2. The molecular weight excluding hydrogens is 345 g/mol. The molecule has 0 amide bonds. The number of hydrogen-bond donors (Lipinski definition) is 2. The molecule has 1 aromatic heterocycles. The number of aryl methyl sites for hydroxylation is 1. The van der Waals surface area contributed by atoms with Gasteiger partial charge in [0.25, 0.3) is 0 Å². The topological polar surface area (TPSA) is 75.3 Å². The number of rotatable bonds is 5. The Morgan fingerprint density at radius 3 is 2.78 bits per heavy atom. The maximum Gasteiger partial charge on any atom is 0.248 e. The van der Waals surface area contributed by atoms with Crippen molar-refractivity contribution in [2.45, 2.75) is 33.2 Å². The Morgan fingerprint density at radius 1 is 1.44 bits per heavy atom. The van der Waals surface area contributed by atoms with Crippen LogP contribution in [0.4, 0.5) is 0 Å². The van der Waals surface area contributed by atoms with Gasteiger partial charge in [0.1, 0.15) is 6.54 Å². The van der Waals surface area contributed by atoms with Crippen molar-refractivity contribution in [1.29, 1.82) is 0 Å². The minimum absolute atomic E-state index is 0. The highest BCUT2D eigenvalue weighted by Gasteiger charge is 2.21. The second-order valence-corrected chi connectivity index (χ2v) is 4.25. The van der Waals surface area contributed by atoms with E-state index in [2.05, 4.69) is 25.8 Å². The molecule has 0 bridgehead atoms. The van der Waals surface area contributed by atoms with Gasteiger partial charge in [0, 0.05) is 13.1 Å². The summed E-state index contributed by atoms with van der Waals surface area (Å²) in [6, 6.07) is 0. The van der Waals surface area contributed by atoms with Gasteiger partial charge in [-0.25, -0.2) is 4.99 Å². The van der Waals surface area contributed by atoms with Crippen molar-refractivity contribution in [3.05, 3.63) is 11.7 Å². The van der Waals surface area contributed by atoms with Gasteiger partial charge >= 0.3 is 0 Å². The molecule has 6 nitrogen and oxygen atoms in total. The highest BCUT2D eigenvalue weighted by atomic mass is 127. The summed E-state index contributed by atoms with van der Waals surface area (Å²) in [6.07, 6.45) is 2.66. The first-order valence-corrected chi connectivity index (χ1v) is 6.09. The van der Waals surface area contributed by atoms with Gasteiger partial charge in [-0.05, 0) is 32.6 Å². The maximum atomic E-state index is 5.01. The number of nitrogens with one attached hydrogen (secondary N) is 2. The molecule has 2 N–H and O–H groups in total. The monoisotopic (exact) mass is 365 g/mol. The van der Waals surface area contributed by atoms with E-state index in [0.717, 1.165) is 25.0 Å². The Hall–Kier alpha value is -0.860. The predicted octanol–water partition coefficient (Wildman–Crippen LogP) is 1.46. The van der Waals surface area contributed by atoms with Crippen LogP contribution in [0.15, 0.2) is 9.52 Å². The predicted molar refractivity (Wildman–Crippen MR) is 80.0 cm³/mol. The molecule has 0 atom stereocenters. The summed E-state index contributed by atoms with van der Waals surface area (Å²) in [4.78, 5) is 8.50. The van der Waals surface area contributed by atoms with Gasteiger partial charge in [-0.3, -0.25) is 0 Å². The lowest BCUT2D eigenvalue weighted by Crippen LogP contribution is -2.38. The van der Waals surface area contributed by atoms with Crippen molar-refractivity contribution in [1.82, 2.24) is 20.8 Å². The lowest BCUT2D eigenvalue weighted by atomic mass is 10.4. The first-order valence-electron chi connectivity index (χ1n) is 6.09. The maximum absolute atomic E-state index is 5.01. The van der Waals surface area contributed by atoms with Crippen LogP contribution in [0.1, 0.15) is 31.5 Å². The van der Waals surface area contributed by atoms with Crippen LogP contribution in [-0.4, -0.2) is 29.2 Å². The number of hydrogen-bond acceptors (Lipinski definition) is 4. The molecule has 18 heavy (non-hydrogen) atoms. The van der Waals surface area contributed by atoms with E-state index in [9.17, 15) is 0 Å². The highest BCUT2D eigenvalue weighted by molar-refractivity contribution is 14.0. The van der Waals surface area contributed by atoms with E-state index in [1.165, 1.54) is 12.8 Å². The molecule has 0 saturated heterocycles. The molecule has 7 heteroatoms. The van der Waals surface area contributed by atoms with Crippen LogP contribution < -0.4 is 10.6 Å². The fourth-order valence-corrected chi connectivity index (χ4v) is 1.46. The zero-order valence-electron chi connectivity index (χ0n) is 10.8. The fourth-order valence-electron chi connectivity index (χ4n) is 1.46. The molecule has 1 fully saturated rings. The molecule has 1 heterocycles. The Labute approximate surface area is 124 Å². The van der Waals surface area contributed by atoms with Crippen molar-refractivity contribution in [3.63, 3.8) is 0 Å². The van der Waals surface area contributed by atoms with Crippen LogP contribution in [0.25, 0.3) is 0 Å². The third-order valence-corrected chi connectivity index (χ3v) is 2.54. The summed E-state index contributed by atoms with van der Waals surface area (Å²) in [5, 5.41) is 10.2. The van der Waals surface area contributed by atoms with E-state index in [-0.39, 0.29) is 24.0 Å². The summed E-state index contributed by atoms with van der Waals surface area (Å²) < 4.78 is 5.01. The van der Waals surface area contributed by atoms with E-state index in [1.54, 1.807) is 6.92 Å². The van der Waals surface area contributed by atoms with Crippen LogP contribution >= 0.6 is 24.0 Å². The average molecular weight is 365 g/mol. The third-order valence-electron chi connectivity index (χ3n) is 2.54. The molecule has 0 aromatic carbocycles. The Bertz CT molecular complexity index is 389. The fraction of sp³-hybridized carbons (Fsp3) is 0.727. The van der Waals surface area contributed by atoms with Gasteiger partial charge in [0.15, 0.2) is 11.8 Å². The van der Waals surface area contributed by atoms with E-state index in [0.29, 0.717) is 18.3 Å². The lowest BCUT2D eigenvalue weighted by Gasteiger charge is -2.09. The van der Waals surface area contributed by atoms with E-state index in [4.69, 9.17) is 4.52 Å². The van der Waals surface area contributed by atoms with Crippen LogP contribution in [0.3, 0.4) is 0 Å². The molecular formula is C11H20IN5O. The quantitative estimate of drug-likeness (QED) is 0.470. The summed E-state index contributed by atoms with van der Waals surface area (Å²) in [7, 11) is 0. The number of guanidine groups is 1. The normalized spacial score (nSPS) is 15.1. The van der Waals surface area contributed by atoms with Crippen molar-refractivity contribution in [3.8, 4) is 0 Å². The smallest absolute Gasteiger partial charge is 0.248 e. The van der Waals surface area contributed by atoms with Crippen molar-refractivity contribution in [2.24, 2.45) is 10.9 Å². The molecule has 0 spiro atoms. The van der Waals surface area contributed by atoms with Gasteiger partial charge in [-0.15, -0.1) is 24.0 Å². The summed E-state index contributed by atoms with van der Waals surface area (Å²) in [5.74, 6) is 2.83. The lowest BCUT2D eigenvalue weighted by molar-refractivity contribution is 0.376.